The third-order valence-corrected chi connectivity index (χ3v) is 6.71. The number of thioether (sulfide) groups is 1. The van der Waals surface area contributed by atoms with Gasteiger partial charge in [0.1, 0.15) is 24.1 Å². The molecule has 2 aromatic carbocycles. The fraction of sp³-hybridized carbons (Fsp3) is 0.217. The molecule has 0 unspecified atom stereocenters. The molecule has 0 saturated heterocycles. The van der Waals surface area contributed by atoms with Crippen molar-refractivity contribution >= 4 is 34.4 Å². The Kier molecular flexibility index (Phi) is 5.26. The Morgan fingerprint density at radius 3 is 2.78 bits per heavy atom. The first-order chi connectivity index (χ1) is 15.5. The fourth-order valence-corrected chi connectivity index (χ4v) is 4.92. The largest absolute Gasteiger partial charge is 0.310 e. The quantitative estimate of drug-likeness (QED) is 0.478. The molecule has 1 aliphatic rings. The molecule has 0 aliphatic carbocycles. The van der Waals surface area contributed by atoms with Crippen molar-refractivity contribution in [2.45, 2.75) is 30.0 Å². The minimum atomic E-state index is -0.359. The van der Waals surface area contributed by atoms with Gasteiger partial charge in [0.25, 0.3) is 5.56 Å². The second-order valence-electron chi connectivity index (χ2n) is 7.68. The number of halogens is 1. The number of nitrogens with zero attached hydrogens (tertiary/aromatic N) is 5. The molecular formula is C23H20FN5O2S. The molecule has 2 aromatic heterocycles. The Bertz CT molecular complexity index is 1370. The molecule has 9 heteroatoms. The molecule has 0 spiro atoms. The lowest BCUT2D eigenvalue weighted by atomic mass is 10.2. The summed E-state index contributed by atoms with van der Waals surface area (Å²) in [5.74, 6) is -0.525. The highest BCUT2D eigenvalue weighted by atomic mass is 32.2. The van der Waals surface area contributed by atoms with Gasteiger partial charge in [-0.2, -0.15) is 5.10 Å². The van der Waals surface area contributed by atoms with Gasteiger partial charge in [-0.3, -0.25) is 14.2 Å². The average Bonchev–Trinajstić information content (AvgIpc) is 3.14. The number of aromatic nitrogens is 4. The molecule has 4 aromatic rings. The SMILES string of the molecule is C[C@@H]1CCN(C(=O)Cn2cnc3c(cnn3-c3ccc(F)cc3)c2=O)c2ccccc2S1. The van der Waals surface area contributed by atoms with Gasteiger partial charge in [0.05, 0.1) is 17.6 Å². The molecule has 3 heterocycles. The van der Waals surface area contributed by atoms with Crippen LogP contribution in [0.15, 0.2) is 70.7 Å². The first kappa shape index (κ1) is 20.4. The summed E-state index contributed by atoms with van der Waals surface area (Å²) >= 11 is 1.76. The van der Waals surface area contributed by atoms with Crippen LogP contribution in [0.2, 0.25) is 0 Å². The Morgan fingerprint density at radius 2 is 1.97 bits per heavy atom. The summed E-state index contributed by atoms with van der Waals surface area (Å²) in [5, 5.41) is 4.93. The molecule has 0 saturated carbocycles. The van der Waals surface area contributed by atoms with Crippen LogP contribution in [0.4, 0.5) is 10.1 Å². The molecule has 7 nitrogen and oxygen atoms in total. The zero-order valence-corrected chi connectivity index (χ0v) is 18.1. The summed E-state index contributed by atoms with van der Waals surface area (Å²) in [5.41, 5.74) is 1.48. The van der Waals surface area contributed by atoms with E-state index in [4.69, 9.17) is 0 Å². The second-order valence-corrected chi connectivity index (χ2v) is 9.16. The van der Waals surface area contributed by atoms with Crippen molar-refractivity contribution in [3.05, 3.63) is 77.2 Å². The number of rotatable bonds is 3. The molecule has 32 heavy (non-hydrogen) atoms. The number of hydrogen-bond acceptors (Lipinski definition) is 5. The van der Waals surface area contributed by atoms with Gasteiger partial charge in [-0.25, -0.2) is 14.1 Å². The smallest absolute Gasteiger partial charge is 0.264 e. The Balaban J connectivity index is 1.46. The molecular weight excluding hydrogens is 429 g/mol. The number of amides is 1. The van der Waals surface area contributed by atoms with Crippen molar-refractivity contribution in [1.82, 2.24) is 19.3 Å². The van der Waals surface area contributed by atoms with Crippen LogP contribution in [-0.4, -0.2) is 37.0 Å². The third-order valence-electron chi connectivity index (χ3n) is 5.48. The molecule has 162 valence electrons. The van der Waals surface area contributed by atoms with E-state index in [-0.39, 0.29) is 23.8 Å². The van der Waals surface area contributed by atoms with Crippen LogP contribution in [0, 0.1) is 5.82 Å². The van der Waals surface area contributed by atoms with Crippen LogP contribution in [0.3, 0.4) is 0 Å². The lowest BCUT2D eigenvalue weighted by Crippen LogP contribution is -2.37. The molecule has 1 aliphatic heterocycles. The number of carbonyl (C=O) groups excluding carboxylic acids is 1. The average molecular weight is 450 g/mol. The third kappa shape index (κ3) is 3.69. The highest BCUT2D eigenvalue weighted by Gasteiger charge is 2.25. The summed E-state index contributed by atoms with van der Waals surface area (Å²) in [6.07, 6.45) is 3.65. The summed E-state index contributed by atoms with van der Waals surface area (Å²) in [6.45, 7) is 2.63. The molecule has 1 atom stereocenters. The molecule has 5 rings (SSSR count). The number of anilines is 1. The molecule has 0 radical (unpaired) electrons. The van der Waals surface area contributed by atoms with Crippen molar-refractivity contribution in [2.75, 3.05) is 11.4 Å². The number of hydrogen-bond donors (Lipinski definition) is 0. The van der Waals surface area contributed by atoms with Gasteiger partial charge in [-0.1, -0.05) is 19.1 Å². The minimum absolute atomic E-state index is 0.114. The maximum atomic E-state index is 13.2. The molecule has 1 amide bonds. The van der Waals surface area contributed by atoms with Gasteiger partial charge in [-0.05, 0) is 42.8 Å². The predicted octanol–water partition coefficient (Wildman–Crippen LogP) is 3.64. The van der Waals surface area contributed by atoms with E-state index < -0.39 is 0 Å². The summed E-state index contributed by atoms with van der Waals surface area (Å²) < 4.78 is 16.0. The van der Waals surface area contributed by atoms with Gasteiger partial charge < -0.3 is 4.90 Å². The van der Waals surface area contributed by atoms with Crippen LogP contribution in [-0.2, 0) is 11.3 Å². The number of carbonyl (C=O) groups is 1. The Morgan fingerprint density at radius 1 is 1.19 bits per heavy atom. The minimum Gasteiger partial charge on any atom is -0.310 e. The van der Waals surface area contributed by atoms with Crippen LogP contribution in [0.5, 0.6) is 0 Å². The standard InChI is InChI=1S/C23H20FN5O2S/c1-15-10-11-28(19-4-2-3-5-20(19)32-15)21(30)13-27-14-25-22-18(23(27)31)12-26-29(22)17-8-6-16(24)7-9-17/h2-9,12,14-15H,10-11,13H2,1H3/t15-/m1/s1. The summed E-state index contributed by atoms with van der Waals surface area (Å²) in [4.78, 5) is 33.4. The first-order valence-electron chi connectivity index (χ1n) is 10.3. The van der Waals surface area contributed by atoms with Crippen molar-refractivity contribution < 1.29 is 9.18 Å². The van der Waals surface area contributed by atoms with Crippen molar-refractivity contribution in [2.24, 2.45) is 0 Å². The van der Waals surface area contributed by atoms with Crippen molar-refractivity contribution in [3.63, 3.8) is 0 Å². The molecule has 0 fully saturated rings. The van der Waals surface area contributed by atoms with E-state index in [2.05, 4.69) is 17.0 Å². The lowest BCUT2D eigenvalue weighted by Gasteiger charge is -2.22. The number of benzene rings is 2. The van der Waals surface area contributed by atoms with E-state index in [1.54, 1.807) is 28.8 Å². The predicted molar refractivity (Wildman–Crippen MR) is 122 cm³/mol. The summed E-state index contributed by atoms with van der Waals surface area (Å²) in [7, 11) is 0. The monoisotopic (exact) mass is 449 g/mol. The van der Waals surface area contributed by atoms with Gasteiger partial charge in [0, 0.05) is 16.7 Å². The van der Waals surface area contributed by atoms with E-state index in [1.165, 1.54) is 33.9 Å². The Hall–Kier alpha value is -3.46. The normalized spacial score (nSPS) is 16.1. The zero-order chi connectivity index (χ0) is 22.2. The van der Waals surface area contributed by atoms with Crippen LogP contribution in [0.25, 0.3) is 16.7 Å². The number of fused-ring (bicyclic) bond motifs is 2. The molecule has 0 bridgehead atoms. The van der Waals surface area contributed by atoms with Gasteiger partial charge >= 0.3 is 0 Å². The first-order valence-corrected chi connectivity index (χ1v) is 11.1. The van der Waals surface area contributed by atoms with E-state index in [0.717, 1.165) is 17.0 Å². The lowest BCUT2D eigenvalue weighted by molar-refractivity contribution is -0.119. The van der Waals surface area contributed by atoms with Gasteiger partial charge in [0.2, 0.25) is 5.91 Å². The van der Waals surface area contributed by atoms with E-state index in [0.29, 0.717) is 28.5 Å². The summed E-state index contributed by atoms with van der Waals surface area (Å²) in [6, 6.07) is 13.6. The Labute approximate surface area is 187 Å². The second kappa shape index (κ2) is 8.23. The molecule has 0 N–H and O–H groups in total. The fourth-order valence-electron chi connectivity index (χ4n) is 3.81. The van der Waals surface area contributed by atoms with E-state index >= 15 is 0 Å². The number of para-hydroxylation sites is 1. The highest BCUT2D eigenvalue weighted by Crippen LogP contribution is 2.37. The van der Waals surface area contributed by atoms with Gasteiger partial charge in [-0.15, -0.1) is 11.8 Å². The van der Waals surface area contributed by atoms with E-state index in [9.17, 15) is 14.0 Å². The van der Waals surface area contributed by atoms with Crippen LogP contribution >= 0.6 is 11.8 Å². The zero-order valence-electron chi connectivity index (χ0n) is 17.3. The highest BCUT2D eigenvalue weighted by molar-refractivity contribution is 8.00. The topological polar surface area (TPSA) is 73.0 Å². The van der Waals surface area contributed by atoms with Crippen molar-refractivity contribution in [1.29, 1.82) is 0 Å². The van der Waals surface area contributed by atoms with Crippen molar-refractivity contribution in [3.8, 4) is 5.69 Å². The van der Waals surface area contributed by atoms with Crippen LogP contribution < -0.4 is 10.5 Å². The van der Waals surface area contributed by atoms with Gasteiger partial charge in [0.15, 0.2) is 5.65 Å². The van der Waals surface area contributed by atoms with E-state index in [1.807, 2.05) is 24.3 Å². The maximum Gasteiger partial charge on any atom is 0.264 e. The maximum absolute atomic E-state index is 13.2. The van der Waals surface area contributed by atoms with Crippen LogP contribution in [0.1, 0.15) is 13.3 Å².